The van der Waals surface area contributed by atoms with E-state index in [0.717, 1.165) is 18.8 Å². The van der Waals surface area contributed by atoms with Gasteiger partial charge in [-0.05, 0) is 38.5 Å². The van der Waals surface area contributed by atoms with E-state index in [-0.39, 0.29) is 11.3 Å². The number of carbonyl (C=O) groups is 2. The van der Waals surface area contributed by atoms with Crippen LogP contribution in [0.3, 0.4) is 0 Å². The van der Waals surface area contributed by atoms with E-state index in [0.29, 0.717) is 16.7 Å². The zero-order valence-electron chi connectivity index (χ0n) is 13.7. The van der Waals surface area contributed by atoms with Crippen LogP contribution in [0.5, 0.6) is 0 Å². The minimum Gasteiger partial charge on any atom is -0.478 e. The molecule has 0 fully saturated rings. The monoisotopic (exact) mass is 311 g/mol. The Bertz CT molecular complexity index is 719. The molecule has 0 aliphatic rings. The number of anilines is 1. The van der Waals surface area contributed by atoms with E-state index in [1.165, 1.54) is 0 Å². The summed E-state index contributed by atoms with van der Waals surface area (Å²) in [4.78, 5) is 26.4. The second-order valence-electron chi connectivity index (χ2n) is 5.34. The summed E-state index contributed by atoms with van der Waals surface area (Å²) >= 11 is 0. The molecule has 0 bridgehead atoms. The number of hydrogen-bond acceptors (Lipinski definition) is 3. The molecule has 0 saturated heterocycles. The third-order valence-electron chi connectivity index (χ3n) is 4.03. The maximum absolute atomic E-state index is 12.8. The number of hydrogen-bond donors (Lipinski definition) is 1. The normalized spacial score (nSPS) is 10.4. The van der Waals surface area contributed by atoms with Gasteiger partial charge in [0.2, 0.25) is 0 Å². The fraction of sp³-hybridized carbons (Fsp3) is 0.263. The average Bonchev–Trinajstić information content (AvgIpc) is 2.57. The molecule has 2 rings (SSSR count). The molecule has 0 aliphatic carbocycles. The predicted octanol–water partition coefficient (Wildman–Crippen LogP) is 3.77. The third-order valence-corrected chi connectivity index (χ3v) is 4.03. The molecule has 0 aliphatic heterocycles. The second kappa shape index (κ2) is 7.09. The third kappa shape index (κ3) is 3.42. The molecule has 2 aromatic rings. The van der Waals surface area contributed by atoms with Crippen LogP contribution < -0.4 is 4.90 Å². The van der Waals surface area contributed by atoms with Gasteiger partial charge in [0, 0.05) is 29.9 Å². The van der Waals surface area contributed by atoms with Gasteiger partial charge in [0.25, 0.3) is 0 Å². The predicted molar refractivity (Wildman–Crippen MR) is 91.6 cm³/mol. The molecule has 0 heterocycles. The van der Waals surface area contributed by atoms with Gasteiger partial charge in [0.15, 0.2) is 5.78 Å². The van der Waals surface area contributed by atoms with Gasteiger partial charge in [0.05, 0.1) is 5.56 Å². The Labute approximate surface area is 136 Å². The van der Waals surface area contributed by atoms with Crippen LogP contribution >= 0.6 is 0 Å². The number of benzene rings is 2. The number of ketones is 1. The highest BCUT2D eigenvalue weighted by molar-refractivity contribution is 6.11. The summed E-state index contributed by atoms with van der Waals surface area (Å²) in [6, 6.07) is 12.4. The van der Waals surface area contributed by atoms with Crippen molar-refractivity contribution < 1.29 is 14.7 Å². The van der Waals surface area contributed by atoms with Crippen LogP contribution in [0, 0.1) is 6.92 Å². The maximum Gasteiger partial charge on any atom is 0.336 e. The van der Waals surface area contributed by atoms with Gasteiger partial charge in [-0.25, -0.2) is 4.79 Å². The second-order valence-corrected chi connectivity index (χ2v) is 5.34. The van der Waals surface area contributed by atoms with E-state index in [9.17, 15) is 14.7 Å². The summed E-state index contributed by atoms with van der Waals surface area (Å²) in [7, 11) is 0. The molecular weight excluding hydrogens is 290 g/mol. The van der Waals surface area contributed by atoms with Crippen LogP contribution in [0.15, 0.2) is 42.5 Å². The van der Waals surface area contributed by atoms with Gasteiger partial charge in [-0.3, -0.25) is 4.79 Å². The van der Waals surface area contributed by atoms with Gasteiger partial charge in [-0.2, -0.15) is 0 Å². The van der Waals surface area contributed by atoms with Crippen molar-refractivity contribution in [1.29, 1.82) is 0 Å². The molecule has 23 heavy (non-hydrogen) atoms. The summed E-state index contributed by atoms with van der Waals surface area (Å²) in [6.07, 6.45) is 0. The van der Waals surface area contributed by atoms with Crippen LogP contribution in [0.1, 0.15) is 45.7 Å². The highest BCUT2D eigenvalue weighted by Crippen LogP contribution is 2.26. The van der Waals surface area contributed by atoms with Crippen molar-refractivity contribution in [3.63, 3.8) is 0 Å². The zero-order valence-corrected chi connectivity index (χ0v) is 13.7. The van der Waals surface area contributed by atoms with Crippen LogP contribution in [0.2, 0.25) is 0 Å². The summed E-state index contributed by atoms with van der Waals surface area (Å²) < 4.78 is 0. The molecule has 120 valence electrons. The summed E-state index contributed by atoms with van der Waals surface area (Å²) in [5, 5.41) is 9.46. The Morgan fingerprint density at radius 3 is 2.09 bits per heavy atom. The van der Waals surface area contributed by atoms with Crippen molar-refractivity contribution in [3.05, 3.63) is 64.7 Å². The molecule has 0 unspecified atom stereocenters. The van der Waals surface area contributed by atoms with Gasteiger partial charge >= 0.3 is 5.97 Å². The Kier molecular flexibility index (Phi) is 5.16. The number of carboxylic acid groups (broad SMARTS) is 1. The minimum atomic E-state index is -1.02. The lowest BCUT2D eigenvalue weighted by atomic mass is 9.94. The molecule has 4 nitrogen and oxygen atoms in total. The van der Waals surface area contributed by atoms with E-state index in [1.807, 2.05) is 24.8 Å². The Hall–Kier alpha value is -2.62. The number of nitrogens with zero attached hydrogens (tertiary/aromatic N) is 1. The molecule has 0 aromatic heterocycles. The van der Waals surface area contributed by atoms with Crippen molar-refractivity contribution in [2.45, 2.75) is 20.8 Å². The molecular formula is C19H21NO3. The van der Waals surface area contributed by atoms with Crippen molar-refractivity contribution >= 4 is 17.4 Å². The highest BCUT2D eigenvalue weighted by atomic mass is 16.4. The number of rotatable bonds is 6. The number of carboxylic acids is 1. The quantitative estimate of drug-likeness (QED) is 0.825. The molecule has 2 aromatic carbocycles. The average molecular weight is 311 g/mol. The van der Waals surface area contributed by atoms with Crippen molar-refractivity contribution in [2.24, 2.45) is 0 Å². The first-order chi connectivity index (χ1) is 11.0. The Morgan fingerprint density at radius 2 is 1.57 bits per heavy atom. The fourth-order valence-electron chi connectivity index (χ4n) is 2.67. The Morgan fingerprint density at radius 1 is 1.00 bits per heavy atom. The van der Waals surface area contributed by atoms with E-state index in [2.05, 4.69) is 0 Å². The van der Waals surface area contributed by atoms with Crippen LogP contribution in [0.4, 0.5) is 5.69 Å². The number of aromatic carboxylic acids is 1. The van der Waals surface area contributed by atoms with Crippen molar-refractivity contribution in [3.8, 4) is 0 Å². The molecule has 0 radical (unpaired) electrons. The van der Waals surface area contributed by atoms with Gasteiger partial charge in [-0.15, -0.1) is 0 Å². The van der Waals surface area contributed by atoms with Gasteiger partial charge in [0.1, 0.15) is 0 Å². The lowest BCUT2D eigenvalue weighted by Gasteiger charge is -2.23. The van der Waals surface area contributed by atoms with Crippen LogP contribution in [-0.2, 0) is 0 Å². The van der Waals surface area contributed by atoms with E-state index in [4.69, 9.17) is 0 Å². The maximum atomic E-state index is 12.8. The lowest BCUT2D eigenvalue weighted by molar-refractivity contribution is 0.0696. The Balaban J connectivity index is 2.62. The zero-order chi connectivity index (χ0) is 17.0. The largest absolute Gasteiger partial charge is 0.478 e. The first-order valence-corrected chi connectivity index (χ1v) is 7.72. The van der Waals surface area contributed by atoms with E-state index < -0.39 is 5.97 Å². The molecule has 0 amide bonds. The first-order valence-electron chi connectivity index (χ1n) is 7.72. The van der Waals surface area contributed by atoms with Crippen LogP contribution in [-0.4, -0.2) is 29.9 Å². The van der Waals surface area contributed by atoms with Crippen molar-refractivity contribution in [1.82, 2.24) is 0 Å². The van der Waals surface area contributed by atoms with E-state index >= 15 is 0 Å². The highest BCUT2D eigenvalue weighted by Gasteiger charge is 2.20. The van der Waals surface area contributed by atoms with Crippen molar-refractivity contribution in [2.75, 3.05) is 18.0 Å². The molecule has 0 atom stereocenters. The summed E-state index contributed by atoms with van der Waals surface area (Å²) in [5.74, 6) is -1.17. The summed E-state index contributed by atoms with van der Waals surface area (Å²) in [5.41, 5.74) is 2.44. The van der Waals surface area contributed by atoms with E-state index in [1.54, 1.807) is 43.3 Å². The van der Waals surface area contributed by atoms with Crippen LogP contribution in [0.25, 0.3) is 0 Å². The molecule has 0 saturated carbocycles. The lowest BCUT2D eigenvalue weighted by Crippen LogP contribution is -2.23. The minimum absolute atomic E-state index is 0.153. The topological polar surface area (TPSA) is 57.6 Å². The first kappa shape index (κ1) is 16.7. The fourth-order valence-corrected chi connectivity index (χ4v) is 2.67. The molecule has 0 spiro atoms. The SMILES string of the molecule is CCN(CC)c1cc(C(=O)O)c(C)c(C(=O)c2ccccc2)c1. The standard InChI is InChI=1S/C19H21NO3/c1-4-20(5-2)15-11-16(13(3)17(12-15)19(22)23)18(21)14-9-7-6-8-10-14/h6-12H,4-5H2,1-3H3,(H,22,23). The number of carbonyl (C=O) groups excluding carboxylic acids is 1. The van der Waals surface area contributed by atoms with Gasteiger partial charge < -0.3 is 10.0 Å². The smallest absolute Gasteiger partial charge is 0.336 e. The molecule has 1 N–H and O–H groups in total. The summed E-state index contributed by atoms with van der Waals surface area (Å²) in [6.45, 7) is 7.19. The van der Waals surface area contributed by atoms with Gasteiger partial charge in [-0.1, -0.05) is 30.3 Å². The molecule has 4 heteroatoms.